The van der Waals surface area contributed by atoms with Gasteiger partial charge in [0.15, 0.2) is 0 Å². The molecule has 0 aromatic heterocycles. The van der Waals surface area contributed by atoms with Crippen molar-refractivity contribution in [3.05, 3.63) is 59.7 Å². The van der Waals surface area contributed by atoms with Crippen LogP contribution in [0.15, 0.2) is 48.5 Å². The monoisotopic (exact) mass is 436 g/mol. The van der Waals surface area contributed by atoms with Gasteiger partial charge in [-0.25, -0.2) is 9.59 Å². The number of likely N-dealkylation sites (N-methyl/N-ethyl adjacent to an activating group) is 1. The Morgan fingerprint density at radius 2 is 1.66 bits per heavy atom. The van der Waals surface area contributed by atoms with Crippen LogP contribution >= 0.6 is 0 Å². The lowest BCUT2D eigenvalue weighted by Crippen LogP contribution is -2.43. The van der Waals surface area contributed by atoms with Crippen LogP contribution in [0.2, 0.25) is 0 Å². The molecule has 7 nitrogen and oxygen atoms in total. The first-order chi connectivity index (χ1) is 15.4. The smallest absolute Gasteiger partial charge is 0.407 e. The van der Waals surface area contributed by atoms with Crippen LogP contribution in [-0.2, 0) is 14.3 Å². The van der Waals surface area contributed by atoms with Crippen LogP contribution < -0.4 is 5.32 Å². The maximum absolute atomic E-state index is 12.6. The van der Waals surface area contributed by atoms with Crippen molar-refractivity contribution in [2.45, 2.75) is 44.2 Å². The van der Waals surface area contributed by atoms with Gasteiger partial charge in [0, 0.05) is 24.9 Å². The first-order valence-electron chi connectivity index (χ1n) is 11.0. The van der Waals surface area contributed by atoms with Crippen molar-refractivity contribution in [1.29, 1.82) is 0 Å². The standard InChI is InChI=1S/C25H28N2O5/c1-15(24(29)30)27(2)23(28)16-11-12-17(13-16)26-25(31)32-14-22-20-9-5-3-7-18(20)19-8-4-6-10-21(19)22/h3-10,15-17,22H,11-14H2,1-2H3,(H,26,31)(H,29,30)/t15?,16-,17+/m1/s1. The molecular weight excluding hydrogens is 408 g/mol. The summed E-state index contributed by atoms with van der Waals surface area (Å²) in [6, 6.07) is 15.3. The number of hydrogen-bond donors (Lipinski definition) is 2. The molecule has 2 aliphatic carbocycles. The molecule has 1 fully saturated rings. The summed E-state index contributed by atoms with van der Waals surface area (Å²) in [5.41, 5.74) is 4.66. The van der Waals surface area contributed by atoms with E-state index in [1.54, 1.807) is 0 Å². The molecule has 0 spiro atoms. The molecule has 0 saturated heterocycles. The minimum atomic E-state index is -1.04. The van der Waals surface area contributed by atoms with Gasteiger partial charge in [-0.15, -0.1) is 0 Å². The van der Waals surface area contributed by atoms with Gasteiger partial charge in [0.25, 0.3) is 0 Å². The number of rotatable bonds is 6. The van der Waals surface area contributed by atoms with Gasteiger partial charge >= 0.3 is 12.1 Å². The first kappa shape index (κ1) is 21.9. The van der Waals surface area contributed by atoms with Gasteiger partial charge in [-0.05, 0) is 48.4 Å². The van der Waals surface area contributed by atoms with E-state index in [0.717, 1.165) is 11.1 Å². The summed E-state index contributed by atoms with van der Waals surface area (Å²) in [4.78, 5) is 37.5. The number of amides is 2. The number of nitrogens with zero attached hydrogens (tertiary/aromatic N) is 1. The zero-order chi connectivity index (χ0) is 22.8. The Morgan fingerprint density at radius 3 is 2.25 bits per heavy atom. The van der Waals surface area contributed by atoms with Crippen molar-refractivity contribution in [2.75, 3.05) is 13.7 Å². The Morgan fingerprint density at radius 1 is 1.06 bits per heavy atom. The fraction of sp³-hybridized carbons (Fsp3) is 0.400. The molecule has 2 aromatic rings. The molecular formula is C25H28N2O5. The zero-order valence-corrected chi connectivity index (χ0v) is 18.3. The summed E-state index contributed by atoms with van der Waals surface area (Å²) < 4.78 is 5.59. The Labute approximate surface area is 187 Å². The molecule has 2 N–H and O–H groups in total. The fourth-order valence-electron chi connectivity index (χ4n) is 4.79. The highest BCUT2D eigenvalue weighted by atomic mass is 16.5. The molecule has 2 amide bonds. The zero-order valence-electron chi connectivity index (χ0n) is 18.3. The van der Waals surface area contributed by atoms with Crippen molar-refractivity contribution in [1.82, 2.24) is 10.2 Å². The van der Waals surface area contributed by atoms with E-state index in [0.29, 0.717) is 19.3 Å². The molecule has 168 valence electrons. The van der Waals surface area contributed by atoms with Gasteiger partial charge in [0.05, 0.1) is 0 Å². The second-order valence-corrected chi connectivity index (χ2v) is 8.64. The molecule has 4 rings (SSSR count). The van der Waals surface area contributed by atoms with Crippen molar-refractivity contribution in [2.24, 2.45) is 5.92 Å². The first-order valence-corrected chi connectivity index (χ1v) is 11.0. The summed E-state index contributed by atoms with van der Waals surface area (Å²) in [5, 5.41) is 12.0. The van der Waals surface area contributed by atoms with E-state index in [-0.39, 0.29) is 30.4 Å². The van der Waals surface area contributed by atoms with Crippen LogP contribution in [0.5, 0.6) is 0 Å². The minimum absolute atomic E-state index is 0.00258. The molecule has 0 radical (unpaired) electrons. The van der Waals surface area contributed by atoms with Gasteiger partial charge in [-0.2, -0.15) is 0 Å². The van der Waals surface area contributed by atoms with E-state index in [2.05, 4.69) is 29.6 Å². The van der Waals surface area contributed by atoms with E-state index >= 15 is 0 Å². The third-order valence-corrected chi connectivity index (χ3v) is 6.73. The molecule has 32 heavy (non-hydrogen) atoms. The number of carboxylic acid groups (broad SMARTS) is 1. The van der Waals surface area contributed by atoms with E-state index in [9.17, 15) is 14.4 Å². The van der Waals surface area contributed by atoms with Crippen LogP contribution in [0, 0.1) is 5.92 Å². The summed E-state index contributed by atoms with van der Waals surface area (Å²) >= 11 is 0. The summed E-state index contributed by atoms with van der Waals surface area (Å²) in [5.74, 6) is -1.53. The molecule has 2 aromatic carbocycles. The molecule has 1 saturated carbocycles. The van der Waals surface area contributed by atoms with Gasteiger partial charge in [0.2, 0.25) is 5.91 Å². The SMILES string of the molecule is CC(C(=O)O)N(C)C(=O)[C@@H]1CC[C@H](NC(=O)OCC2c3ccccc3-c3ccccc32)C1. The Kier molecular flexibility index (Phi) is 6.17. The van der Waals surface area contributed by atoms with E-state index in [4.69, 9.17) is 9.84 Å². The Balaban J connectivity index is 1.32. The Bertz CT molecular complexity index is 991. The number of aliphatic carboxylic acids is 1. The number of carbonyl (C=O) groups excluding carboxylic acids is 2. The van der Waals surface area contributed by atoms with Gasteiger partial charge in [-0.1, -0.05) is 48.5 Å². The highest BCUT2D eigenvalue weighted by Crippen LogP contribution is 2.44. The largest absolute Gasteiger partial charge is 0.480 e. The molecule has 0 bridgehead atoms. The summed E-state index contributed by atoms with van der Waals surface area (Å²) in [6.45, 7) is 1.73. The number of benzene rings is 2. The van der Waals surface area contributed by atoms with E-state index in [1.807, 2.05) is 24.3 Å². The fourth-order valence-corrected chi connectivity index (χ4v) is 4.79. The lowest BCUT2D eigenvalue weighted by molar-refractivity contribution is -0.149. The average Bonchev–Trinajstić information content (AvgIpc) is 3.38. The van der Waals surface area contributed by atoms with E-state index < -0.39 is 18.1 Å². The molecule has 2 aliphatic rings. The minimum Gasteiger partial charge on any atom is -0.480 e. The highest BCUT2D eigenvalue weighted by Gasteiger charge is 2.35. The third-order valence-electron chi connectivity index (χ3n) is 6.73. The van der Waals surface area contributed by atoms with Crippen LogP contribution in [0.25, 0.3) is 11.1 Å². The molecule has 7 heteroatoms. The predicted octanol–water partition coefficient (Wildman–Crippen LogP) is 3.63. The number of fused-ring (bicyclic) bond motifs is 3. The van der Waals surface area contributed by atoms with Gasteiger partial charge in [0.1, 0.15) is 12.6 Å². The quantitative estimate of drug-likeness (QED) is 0.721. The van der Waals surface area contributed by atoms with Crippen LogP contribution in [0.3, 0.4) is 0 Å². The number of carbonyl (C=O) groups is 3. The van der Waals surface area contributed by atoms with E-state index in [1.165, 1.54) is 30.0 Å². The number of nitrogens with one attached hydrogen (secondary N) is 1. The maximum atomic E-state index is 12.6. The average molecular weight is 437 g/mol. The Hall–Kier alpha value is -3.35. The van der Waals surface area contributed by atoms with Crippen molar-refractivity contribution in [3.8, 4) is 11.1 Å². The van der Waals surface area contributed by atoms with Crippen LogP contribution in [0.1, 0.15) is 43.2 Å². The lowest BCUT2D eigenvalue weighted by atomic mass is 9.98. The van der Waals surface area contributed by atoms with Crippen molar-refractivity contribution >= 4 is 18.0 Å². The number of hydrogen-bond acceptors (Lipinski definition) is 4. The third kappa shape index (κ3) is 4.20. The second kappa shape index (κ2) is 9.02. The van der Waals surface area contributed by atoms with Crippen molar-refractivity contribution < 1.29 is 24.2 Å². The topological polar surface area (TPSA) is 95.9 Å². The number of ether oxygens (including phenoxy) is 1. The molecule has 0 heterocycles. The summed E-state index contributed by atoms with van der Waals surface area (Å²) in [7, 11) is 1.51. The lowest BCUT2D eigenvalue weighted by Gasteiger charge is -2.24. The number of alkyl carbamates (subject to hydrolysis) is 1. The number of carboxylic acids is 1. The molecule has 1 unspecified atom stereocenters. The molecule has 3 atom stereocenters. The van der Waals surface area contributed by atoms with Gasteiger partial charge in [-0.3, -0.25) is 4.79 Å². The summed E-state index contributed by atoms with van der Waals surface area (Å²) in [6.07, 6.45) is 1.27. The molecule has 0 aliphatic heterocycles. The maximum Gasteiger partial charge on any atom is 0.407 e. The highest BCUT2D eigenvalue weighted by molar-refractivity contribution is 5.85. The van der Waals surface area contributed by atoms with Crippen LogP contribution in [0.4, 0.5) is 4.79 Å². The normalized spacial score (nSPS) is 20.2. The predicted molar refractivity (Wildman–Crippen MR) is 119 cm³/mol. The van der Waals surface area contributed by atoms with Gasteiger partial charge < -0.3 is 20.1 Å². The van der Waals surface area contributed by atoms with Crippen molar-refractivity contribution in [3.63, 3.8) is 0 Å². The second-order valence-electron chi connectivity index (χ2n) is 8.64. The van der Waals surface area contributed by atoms with Crippen LogP contribution in [-0.4, -0.2) is 53.7 Å².